The van der Waals surface area contributed by atoms with Gasteiger partial charge in [0.25, 0.3) is 0 Å². The number of nitrogens with zero attached hydrogens (tertiary/aromatic N) is 2. The monoisotopic (exact) mass is 346 g/mol. The summed E-state index contributed by atoms with van der Waals surface area (Å²) in [6, 6.07) is 9.87. The number of hydrogen-bond acceptors (Lipinski definition) is 4. The van der Waals surface area contributed by atoms with Crippen molar-refractivity contribution in [3.05, 3.63) is 30.3 Å². The van der Waals surface area contributed by atoms with E-state index >= 15 is 0 Å². The maximum absolute atomic E-state index is 12.5. The summed E-state index contributed by atoms with van der Waals surface area (Å²) in [6.07, 6.45) is 4.31. The number of rotatable bonds is 6. The summed E-state index contributed by atoms with van der Waals surface area (Å²) in [5, 5.41) is 10.1. The Labute approximate surface area is 150 Å². The highest BCUT2D eigenvalue weighted by molar-refractivity contribution is 5.76. The summed E-state index contributed by atoms with van der Waals surface area (Å²) in [7, 11) is 0. The zero-order valence-corrected chi connectivity index (χ0v) is 15.0. The van der Waals surface area contributed by atoms with Crippen molar-refractivity contribution >= 4 is 5.91 Å². The largest absolute Gasteiger partial charge is 0.492 e. The highest BCUT2D eigenvalue weighted by atomic mass is 16.5. The Morgan fingerprint density at radius 3 is 2.52 bits per heavy atom. The van der Waals surface area contributed by atoms with Crippen LogP contribution in [0.1, 0.15) is 32.1 Å². The van der Waals surface area contributed by atoms with Gasteiger partial charge in [0.2, 0.25) is 5.91 Å². The molecule has 2 aliphatic rings. The Morgan fingerprint density at radius 1 is 1.08 bits per heavy atom. The number of carbonyl (C=O) groups excluding carboxylic acids is 1. The fourth-order valence-corrected chi connectivity index (χ4v) is 3.81. The molecule has 3 rings (SSSR count). The maximum atomic E-state index is 12.5. The van der Waals surface area contributed by atoms with Crippen molar-refractivity contribution in [3.8, 4) is 5.75 Å². The van der Waals surface area contributed by atoms with E-state index in [4.69, 9.17) is 4.74 Å². The van der Waals surface area contributed by atoms with Crippen molar-refractivity contribution in [2.45, 2.75) is 38.2 Å². The van der Waals surface area contributed by atoms with E-state index in [0.717, 1.165) is 64.2 Å². The van der Waals surface area contributed by atoms with Gasteiger partial charge in [-0.25, -0.2) is 0 Å². The van der Waals surface area contributed by atoms with Crippen molar-refractivity contribution in [1.29, 1.82) is 0 Å². The molecule has 2 fully saturated rings. The van der Waals surface area contributed by atoms with E-state index in [1.165, 1.54) is 0 Å². The zero-order chi connectivity index (χ0) is 17.5. The van der Waals surface area contributed by atoms with Crippen molar-refractivity contribution in [2.24, 2.45) is 5.92 Å². The fraction of sp³-hybridized carbons (Fsp3) is 0.650. The Balaban J connectivity index is 1.34. The molecule has 1 saturated heterocycles. The number of aliphatic hydroxyl groups excluding tert-OH is 1. The standard InChI is InChI=1S/C20H30N2O3/c23-19-9-5-4-6-17(19)16-20(24)22-12-10-21(11-13-22)14-15-25-18-7-2-1-3-8-18/h1-3,7-8,17,19,23H,4-6,9-16H2/t17-,19+/m0/s1. The molecule has 1 heterocycles. The molecule has 1 amide bonds. The molecular formula is C20H30N2O3. The molecule has 5 nitrogen and oxygen atoms in total. The van der Waals surface area contributed by atoms with Gasteiger partial charge in [-0.1, -0.05) is 31.0 Å². The van der Waals surface area contributed by atoms with Crippen molar-refractivity contribution < 1.29 is 14.6 Å². The van der Waals surface area contributed by atoms with Crippen LogP contribution in [0, 0.1) is 5.92 Å². The molecule has 0 spiro atoms. The average molecular weight is 346 g/mol. The molecule has 0 aromatic heterocycles. The van der Waals surface area contributed by atoms with Crippen LogP contribution in [0.2, 0.25) is 0 Å². The van der Waals surface area contributed by atoms with Crippen LogP contribution in [0.25, 0.3) is 0 Å². The van der Waals surface area contributed by atoms with Gasteiger partial charge in [-0.3, -0.25) is 9.69 Å². The molecule has 0 radical (unpaired) electrons. The molecule has 1 aromatic carbocycles. The average Bonchev–Trinajstić information content (AvgIpc) is 2.65. The number of ether oxygens (including phenoxy) is 1. The van der Waals surface area contributed by atoms with E-state index in [2.05, 4.69) is 4.90 Å². The SMILES string of the molecule is O=C(C[C@@H]1CCCC[C@H]1O)N1CCN(CCOc2ccccc2)CC1. The quantitative estimate of drug-likeness (QED) is 0.858. The van der Waals surface area contributed by atoms with E-state index in [1.54, 1.807) is 0 Å². The van der Waals surface area contributed by atoms with Crippen LogP contribution in [-0.4, -0.2) is 66.2 Å². The molecule has 1 aliphatic carbocycles. The molecular weight excluding hydrogens is 316 g/mol. The Morgan fingerprint density at radius 2 is 1.80 bits per heavy atom. The van der Waals surface area contributed by atoms with Crippen LogP contribution in [0.15, 0.2) is 30.3 Å². The molecule has 1 N–H and O–H groups in total. The predicted molar refractivity (Wildman–Crippen MR) is 97.5 cm³/mol. The minimum absolute atomic E-state index is 0.165. The molecule has 1 aliphatic heterocycles. The number of aliphatic hydroxyl groups is 1. The Kier molecular flexibility index (Phi) is 6.70. The van der Waals surface area contributed by atoms with Gasteiger partial charge in [-0.2, -0.15) is 0 Å². The van der Waals surface area contributed by atoms with E-state index < -0.39 is 0 Å². The van der Waals surface area contributed by atoms with Crippen LogP contribution in [0.5, 0.6) is 5.75 Å². The molecule has 5 heteroatoms. The van der Waals surface area contributed by atoms with E-state index in [1.807, 2.05) is 35.2 Å². The van der Waals surface area contributed by atoms with Crippen molar-refractivity contribution in [2.75, 3.05) is 39.3 Å². The van der Waals surface area contributed by atoms with E-state index in [-0.39, 0.29) is 17.9 Å². The molecule has 1 saturated carbocycles. The van der Waals surface area contributed by atoms with Gasteiger partial charge in [0, 0.05) is 39.1 Å². The summed E-state index contributed by atoms with van der Waals surface area (Å²) >= 11 is 0. The summed E-state index contributed by atoms with van der Waals surface area (Å²) in [5.41, 5.74) is 0. The molecule has 0 unspecified atom stereocenters. The fourth-order valence-electron chi connectivity index (χ4n) is 3.81. The third-order valence-electron chi connectivity index (χ3n) is 5.45. The van der Waals surface area contributed by atoms with Crippen LogP contribution in [-0.2, 0) is 4.79 Å². The molecule has 25 heavy (non-hydrogen) atoms. The minimum atomic E-state index is -0.283. The first-order chi connectivity index (χ1) is 12.2. The summed E-state index contributed by atoms with van der Waals surface area (Å²) < 4.78 is 5.75. The number of carbonyl (C=O) groups is 1. The number of para-hydroxylation sites is 1. The van der Waals surface area contributed by atoms with Crippen LogP contribution in [0.3, 0.4) is 0 Å². The second-order valence-electron chi connectivity index (χ2n) is 7.20. The van der Waals surface area contributed by atoms with Gasteiger partial charge in [0.1, 0.15) is 12.4 Å². The van der Waals surface area contributed by atoms with Gasteiger partial charge in [-0.05, 0) is 30.9 Å². The number of amides is 1. The van der Waals surface area contributed by atoms with E-state index in [9.17, 15) is 9.90 Å². The lowest BCUT2D eigenvalue weighted by atomic mass is 9.84. The molecule has 138 valence electrons. The molecule has 0 bridgehead atoms. The van der Waals surface area contributed by atoms with Gasteiger partial charge in [0.15, 0.2) is 0 Å². The van der Waals surface area contributed by atoms with Gasteiger partial charge in [-0.15, -0.1) is 0 Å². The van der Waals surface area contributed by atoms with Crippen LogP contribution >= 0.6 is 0 Å². The first kappa shape index (κ1) is 18.2. The first-order valence-corrected chi connectivity index (χ1v) is 9.58. The second kappa shape index (κ2) is 9.20. The highest BCUT2D eigenvalue weighted by Gasteiger charge is 2.28. The Bertz CT molecular complexity index is 529. The first-order valence-electron chi connectivity index (χ1n) is 9.58. The minimum Gasteiger partial charge on any atom is -0.492 e. The van der Waals surface area contributed by atoms with Crippen LogP contribution in [0.4, 0.5) is 0 Å². The van der Waals surface area contributed by atoms with Crippen LogP contribution < -0.4 is 4.74 Å². The third kappa shape index (κ3) is 5.44. The Hall–Kier alpha value is -1.59. The highest BCUT2D eigenvalue weighted by Crippen LogP contribution is 2.27. The smallest absolute Gasteiger partial charge is 0.223 e. The lowest BCUT2D eigenvalue weighted by Crippen LogP contribution is -2.50. The number of benzene rings is 1. The molecule has 2 atom stereocenters. The number of hydrogen-bond donors (Lipinski definition) is 1. The predicted octanol–water partition coefficient (Wildman–Crippen LogP) is 2.15. The van der Waals surface area contributed by atoms with Gasteiger partial charge in [0.05, 0.1) is 6.10 Å². The third-order valence-corrected chi connectivity index (χ3v) is 5.45. The lowest BCUT2D eigenvalue weighted by molar-refractivity contribution is -0.135. The number of piperazine rings is 1. The van der Waals surface area contributed by atoms with Gasteiger partial charge < -0.3 is 14.7 Å². The topological polar surface area (TPSA) is 53.0 Å². The summed E-state index contributed by atoms with van der Waals surface area (Å²) in [6.45, 7) is 4.93. The molecule has 1 aromatic rings. The normalized spacial score (nSPS) is 24.9. The summed E-state index contributed by atoms with van der Waals surface area (Å²) in [5.74, 6) is 1.28. The van der Waals surface area contributed by atoms with E-state index in [0.29, 0.717) is 13.0 Å². The summed E-state index contributed by atoms with van der Waals surface area (Å²) in [4.78, 5) is 16.8. The van der Waals surface area contributed by atoms with Crippen molar-refractivity contribution in [1.82, 2.24) is 9.80 Å². The zero-order valence-electron chi connectivity index (χ0n) is 15.0. The van der Waals surface area contributed by atoms with Gasteiger partial charge >= 0.3 is 0 Å². The van der Waals surface area contributed by atoms with Crippen molar-refractivity contribution in [3.63, 3.8) is 0 Å². The maximum Gasteiger partial charge on any atom is 0.223 e. The lowest BCUT2D eigenvalue weighted by Gasteiger charge is -2.36. The second-order valence-corrected chi connectivity index (χ2v) is 7.20.